The largest absolute Gasteiger partial charge is 0.323 e. The van der Waals surface area contributed by atoms with Gasteiger partial charge in [-0.15, -0.1) is 11.8 Å². The summed E-state index contributed by atoms with van der Waals surface area (Å²) in [7, 11) is 0. The van der Waals surface area contributed by atoms with Gasteiger partial charge in [-0.3, -0.25) is 9.59 Å². The van der Waals surface area contributed by atoms with E-state index in [4.69, 9.17) is 11.6 Å². The minimum Gasteiger partial charge on any atom is -0.323 e. The van der Waals surface area contributed by atoms with Gasteiger partial charge in [0.25, 0.3) is 0 Å². The van der Waals surface area contributed by atoms with Crippen LogP contribution in [0.4, 0.5) is 14.5 Å². The van der Waals surface area contributed by atoms with E-state index in [0.29, 0.717) is 0 Å². The van der Waals surface area contributed by atoms with Crippen LogP contribution in [0.1, 0.15) is 17.3 Å². The molecular weight excluding hydrogens is 344 g/mol. The number of Topliss-reactive ketones (excluding diaryl/α,β-unsaturated/α-hetero) is 1. The maximum absolute atomic E-state index is 13.8. The first-order valence-electron chi connectivity index (χ1n) is 6.55. The van der Waals surface area contributed by atoms with Crippen LogP contribution in [-0.4, -0.2) is 17.4 Å². The Morgan fingerprint density at radius 3 is 2.48 bits per heavy atom. The standard InChI is InChI=1S/C16H12ClF2NO2S/c1-9(21)10-2-5-15(13(19)6-10)23-8-16(22)20-14-4-3-11(17)7-12(14)18/h2-7H,8H2,1H3,(H,20,22). The van der Waals surface area contributed by atoms with E-state index < -0.39 is 17.5 Å². The second kappa shape index (κ2) is 7.57. The number of anilines is 1. The second-order valence-electron chi connectivity index (χ2n) is 4.66. The third-order valence-electron chi connectivity index (χ3n) is 2.90. The Bertz CT molecular complexity index is 768. The molecule has 7 heteroatoms. The van der Waals surface area contributed by atoms with Crippen molar-refractivity contribution in [1.82, 2.24) is 0 Å². The summed E-state index contributed by atoms with van der Waals surface area (Å²) in [6, 6.07) is 7.94. The molecule has 2 rings (SSSR count). The zero-order chi connectivity index (χ0) is 17.0. The lowest BCUT2D eigenvalue weighted by molar-refractivity contribution is -0.113. The van der Waals surface area contributed by atoms with Crippen LogP contribution in [0.5, 0.6) is 0 Å². The van der Waals surface area contributed by atoms with Crippen LogP contribution < -0.4 is 5.32 Å². The molecule has 2 aromatic carbocycles. The highest BCUT2D eigenvalue weighted by molar-refractivity contribution is 8.00. The van der Waals surface area contributed by atoms with E-state index in [1.165, 1.54) is 31.2 Å². The summed E-state index contributed by atoms with van der Waals surface area (Å²) in [6.07, 6.45) is 0. The van der Waals surface area contributed by atoms with Crippen LogP contribution >= 0.6 is 23.4 Å². The molecular formula is C16H12ClF2NO2S. The van der Waals surface area contributed by atoms with Gasteiger partial charge in [-0.2, -0.15) is 0 Å². The van der Waals surface area contributed by atoms with Gasteiger partial charge in [0.05, 0.1) is 11.4 Å². The van der Waals surface area contributed by atoms with E-state index in [9.17, 15) is 18.4 Å². The van der Waals surface area contributed by atoms with Gasteiger partial charge in [-0.05, 0) is 37.3 Å². The van der Waals surface area contributed by atoms with Crippen molar-refractivity contribution in [2.75, 3.05) is 11.1 Å². The number of thioether (sulfide) groups is 1. The minimum absolute atomic E-state index is 0.00685. The van der Waals surface area contributed by atoms with Crippen molar-refractivity contribution in [1.29, 1.82) is 0 Å². The fourth-order valence-corrected chi connectivity index (χ4v) is 2.64. The third-order valence-corrected chi connectivity index (χ3v) is 4.19. The molecule has 0 fully saturated rings. The molecule has 1 amide bonds. The lowest BCUT2D eigenvalue weighted by Crippen LogP contribution is -2.15. The predicted octanol–water partition coefficient (Wildman–Crippen LogP) is 4.55. The van der Waals surface area contributed by atoms with Crippen molar-refractivity contribution in [2.45, 2.75) is 11.8 Å². The van der Waals surface area contributed by atoms with Crippen molar-refractivity contribution < 1.29 is 18.4 Å². The van der Waals surface area contributed by atoms with Crippen LogP contribution in [0.3, 0.4) is 0 Å². The number of hydrogen-bond acceptors (Lipinski definition) is 3. The topological polar surface area (TPSA) is 46.2 Å². The van der Waals surface area contributed by atoms with E-state index >= 15 is 0 Å². The Hall–Kier alpha value is -1.92. The number of halogens is 3. The summed E-state index contributed by atoms with van der Waals surface area (Å²) in [5, 5.41) is 2.61. The molecule has 0 radical (unpaired) electrons. The van der Waals surface area contributed by atoms with Gasteiger partial charge in [0, 0.05) is 15.5 Å². The van der Waals surface area contributed by atoms with E-state index in [2.05, 4.69) is 5.32 Å². The molecule has 0 saturated carbocycles. The molecule has 0 bridgehead atoms. The highest BCUT2D eigenvalue weighted by atomic mass is 35.5. The van der Waals surface area contributed by atoms with Gasteiger partial charge in [0.2, 0.25) is 5.91 Å². The molecule has 3 nitrogen and oxygen atoms in total. The van der Waals surface area contributed by atoms with E-state index in [1.807, 2.05) is 0 Å². The lowest BCUT2D eigenvalue weighted by atomic mass is 10.1. The number of benzene rings is 2. The molecule has 0 aromatic heterocycles. The Balaban J connectivity index is 1.98. The fraction of sp³-hybridized carbons (Fsp3) is 0.125. The van der Waals surface area contributed by atoms with E-state index in [0.717, 1.165) is 23.9 Å². The fourth-order valence-electron chi connectivity index (χ4n) is 1.76. The summed E-state index contributed by atoms with van der Waals surface area (Å²) in [5.41, 5.74) is 0.270. The summed E-state index contributed by atoms with van der Waals surface area (Å²) in [4.78, 5) is 23.2. The van der Waals surface area contributed by atoms with Crippen molar-refractivity contribution in [3.05, 3.63) is 58.6 Å². The maximum atomic E-state index is 13.8. The van der Waals surface area contributed by atoms with Crippen LogP contribution in [0, 0.1) is 11.6 Å². The monoisotopic (exact) mass is 355 g/mol. The Morgan fingerprint density at radius 1 is 1.13 bits per heavy atom. The Morgan fingerprint density at radius 2 is 1.87 bits per heavy atom. The number of amides is 1. The van der Waals surface area contributed by atoms with Crippen molar-refractivity contribution in [2.24, 2.45) is 0 Å². The number of rotatable bonds is 5. The van der Waals surface area contributed by atoms with Gasteiger partial charge in [-0.25, -0.2) is 8.78 Å². The first kappa shape index (κ1) is 17.4. The average Bonchev–Trinajstić information content (AvgIpc) is 2.48. The number of carbonyl (C=O) groups excluding carboxylic acids is 2. The highest BCUT2D eigenvalue weighted by Gasteiger charge is 2.11. The molecule has 0 aliphatic heterocycles. The zero-order valence-electron chi connectivity index (χ0n) is 12.0. The molecule has 23 heavy (non-hydrogen) atoms. The quantitative estimate of drug-likeness (QED) is 0.632. The first-order chi connectivity index (χ1) is 10.9. The maximum Gasteiger partial charge on any atom is 0.234 e. The van der Waals surface area contributed by atoms with E-state index in [1.54, 1.807) is 0 Å². The predicted molar refractivity (Wildman–Crippen MR) is 87.2 cm³/mol. The van der Waals surface area contributed by atoms with Crippen LogP contribution in [0.25, 0.3) is 0 Å². The van der Waals surface area contributed by atoms with Crippen LogP contribution in [-0.2, 0) is 4.79 Å². The molecule has 0 unspecified atom stereocenters. The molecule has 0 aliphatic carbocycles. The van der Waals surface area contributed by atoms with Gasteiger partial charge in [0.1, 0.15) is 11.6 Å². The van der Waals surface area contributed by atoms with Gasteiger partial charge in [-0.1, -0.05) is 17.7 Å². The van der Waals surface area contributed by atoms with Gasteiger partial charge >= 0.3 is 0 Å². The van der Waals surface area contributed by atoms with Crippen LogP contribution in [0.2, 0.25) is 5.02 Å². The molecule has 0 saturated heterocycles. The summed E-state index contributed by atoms with van der Waals surface area (Å²) in [6.45, 7) is 1.34. The number of ketones is 1. The summed E-state index contributed by atoms with van der Waals surface area (Å²) in [5.74, 6) is -2.04. The van der Waals surface area contributed by atoms with Crippen LogP contribution in [0.15, 0.2) is 41.3 Å². The second-order valence-corrected chi connectivity index (χ2v) is 6.12. The highest BCUT2D eigenvalue weighted by Crippen LogP contribution is 2.24. The molecule has 1 N–H and O–H groups in total. The smallest absolute Gasteiger partial charge is 0.234 e. The molecule has 0 aliphatic rings. The molecule has 2 aromatic rings. The van der Waals surface area contributed by atoms with Gasteiger partial charge in [0.15, 0.2) is 5.78 Å². The minimum atomic E-state index is -0.646. The third kappa shape index (κ3) is 4.77. The normalized spacial score (nSPS) is 10.4. The molecule has 0 atom stereocenters. The molecule has 0 spiro atoms. The average molecular weight is 356 g/mol. The Labute approximate surface area is 141 Å². The lowest BCUT2D eigenvalue weighted by Gasteiger charge is -2.07. The van der Waals surface area contributed by atoms with Gasteiger partial charge < -0.3 is 5.32 Å². The van der Waals surface area contributed by atoms with Crippen molar-refractivity contribution in [3.63, 3.8) is 0 Å². The zero-order valence-corrected chi connectivity index (χ0v) is 13.6. The molecule has 120 valence electrons. The van der Waals surface area contributed by atoms with Crippen molar-refractivity contribution >= 4 is 40.7 Å². The molecule has 0 heterocycles. The SMILES string of the molecule is CC(=O)c1ccc(SCC(=O)Nc2ccc(Cl)cc2F)c(F)c1. The Kier molecular flexibility index (Phi) is 5.74. The number of nitrogens with one attached hydrogen (secondary N) is 1. The summed E-state index contributed by atoms with van der Waals surface area (Å²) >= 11 is 6.58. The van der Waals surface area contributed by atoms with E-state index in [-0.39, 0.29) is 32.7 Å². The number of hydrogen-bond donors (Lipinski definition) is 1. The number of carbonyl (C=O) groups is 2. The van der Waals surface area contributed by atoms with Crippen molar-refractivity contribution in [3.8, 4) is 0 Å². The summed E-state index contributed by atoms with van der Waals surface area (Å²) < 4.78 is 27.4. The first-order valence-corrected chi connectivity index (χ1v) is 7.91.